The van der Waals surface area contributed by atoms with Gasteiger partial charge in [-0.2, -0.15) is 0 Å². The molecule has 0 aliphatic heterocycles. The van der Waals surface area contributed by atoms with Crippen LogP contribution in [0.15, 0.2) is 45.6 Å². The number of rotatable bonds is 2. The van der Waals surface area contributed by atoms with E-state index in [2.05, 4.69) is 0 Å². The molecule has 0 saturated heterocycles. The molecular formula is C8H6BrClLiMgO2P. The summed E-state index contributed by atoms with van der Waals surface area (Å²) in [6.45, 7) is 0. The second-order valence-electron chi connectivity index (χ2n) is 2.01. The van der Waals surface area contributed by atoms with E-state index in [1.54, 1.807) is 12.5 Å². The van der Waals surface area contributed by atoms with Crippen molar-refractivity contribution < 1.29 is 57.1 Å². The van der Waals surface area contributed by atoms with E-state index >= 15 is 0 Å². The summed E-state index contributed by atoms with van der Waals surface area (Å²) in [5.41, 5.74) is 1.81. The van der Waals surface area contributed by atoms with Gasteiger partial charge in [-0.05, 0) is 23.1 Å². The maximum absolute atomic E-state index is 5.13. The summed E-state index contributed by atoms with van der Waals surface area (Å²) in [5, 5.41) is 0. The van der Waals surface area contributed by atoms with Gasteiger partial charge in [0.2, 0.25) is 0 Å². The SMILES string of the molecule is [Br-].[Cl-].[Li+].[Mg+2].c1coc([P-]c2ccco2)c1. The summed E-state index contributed by atoms with van der Waals surface area (Å²) in [4.78, 5) is 0. The van der Waals surface area contributed by atoms with E-state index < -0.39 is 0 Å². The van der Waals surface area contributed by atoms with Gasteiger partial charge in [0.15, 0.2) is 0 Å². The summed E-state index contributed by atoms with van der Waals surface area (Å²) in [7, 11) is 0.980. The zero-order valence-electron chi connectivity index (χ0n) is 8.19. The Morgan fingerprint density at radius 2 is 1.33 bits per heavy atom. The van der Waals surface area contributed by atoms with E-state index in [0.717, 1.165) is 19.6 Å². The van der Waals surface area contributed by atoms with Gasteiger partial charge in [0.05, 0.1) is 12.5 Å². The van der Waals surface area contributed by atoms with Crippen LogP contribution in [0.1, 0.15) is 0 Å². The summed E-state index contributed by atoms with van der Waals surface area (Å²) in [6.07, 6.45) is 3.32. The predicted octanol–water partition coefficient (Wildman–Crippen LogP) is -7.60. The first-order valence-corrected chi connectivity index (χ1v) is 4.13. The second-order valence-corrected chi connectivity index (χ2v) is 3.12. The van der Waals surface area contributed by atoms with E-state index in [9.17, 15) is 0 Å². The Morgan fingerprint density at radius 3 is 1.60 bits per heavy atom. The Labute approximate surface area is 135 Å². The molecule has 15 heavy (non-hydrogen) atoms. The Kier molecular flexibility index (Phi) is 16.6. The van der Waals surface area contributed by atoms with Crippen molar-refractivity contribution in [3.63, 3.8) is 0 Å². The average molecular weight is 312 g/mol. The molecule has 0 aromatic carbocycles. The third kappa shape index (κ3) is 7.12. The van der Waals surface area contributed by atoms with Crippen molar-refractivity contribution in [1.82, 2.24) is 0 Å². The molecule has 2 nitrogen and oxygen atoms in total. The Hall–Kier alpha value is 1.12. The van der Waals surface area contributed by atoms with Crippen LogP contribution in [0.25, 0.3) is 0 Å². The van der Waals surface area contributed by atoms with Gasteiger partial charge in [-0.3, -0.25) is 0 Å². The molecule has 0 unspecified atom stereocenters. The first-order valence-electron chi connectivity index (χ1n) is 3.24. The fourth-order valence-corrected chi connectivity index (χ4v) is 1.54. The van der Waals surface area contributed by atoms with Crippen molar-refractivity contribution >= 4 is 42.6 Å². The van der Waals surface area contributed by atoms with Crippen LogP contribution in [0.2, 0.25) is 0 Å². The fourth-order valence-electron chi connectivity index (χ4n) is 0.776. The van der Waals surface area contributed by atoms with E-state index in [1.807, 2.05) is 24.3 Å². The van der Waals surface area contributed by atoms with Crippen LogP contribution >= 0.6 is 8.58 Å². The van der Waals surface area contributed by atoms with Gasteiger partial charge in [-0.25, -0.2) is 0 Å². The Morgan fingerprint density at radius 1 is 0.933 bits per heavy atom. The van der Waals surface area contributed by atoms with Crippen LogP contribution in [0, 0.1) is 0 Å². The minimum Gasteiger partial charge on any atom is -1.00 e. The summed E-state index contributed by atoms with van der Waals surface area (Å²) in [5.74, 6) is 0. The van der Waals surface area contributed by atoms with Crippen molar-refractivity contribution in [3.05, 3.63) is 36.8 Å². The molecule has 0 N–H and O–H groups in total. The molecule has 0 radical (unpaired) electrons. The molecule has 0 atom stereocenters. The zero-order valence-corrected chi connectivity index (χ0v) is 12.8. The third-order valence-corrected chi connectivity index (χ3v) is 2.18. The maximum atomic E-state index is 5.13. The summed E-state index contributed by atoms with van der Waals surface area (Å²) >= 11 is 0. The van der Waals surface area contributed by atoms with E-state index in [-0.39, 0.29) is 71.3 Å². The first-order chi connectivity index (χ1) is 5.45. The minimum absolute atomic E-state index is 0. The second kappa shape index (κ2) is 11.6. The van der Waals surface area contributed by atoms with Gasteiger partial charge in [0, 0.05) is 0 Å². The van der Waals surface area contributed by atoms with E-state index in [4.69, 9.17) is 8.83 Å². The van der Waals surface area contributed by atoms with E-state index in [0.29, 0.717) is 0 Å². The average Bonchev–Trinajstić information content (AvgIpc) is 2.60. The van der Waals surface area contributed by atoms with Gasteiger partial charge in [-0.15, -0.1) is 0 Å². The van der Waals surface area contributed by atoms with Gasteiger partial charge in [0.1, 0.15) is 0 Å². The number of hydrogen-bond acceptors (Lipinski definition) is 2. The molecule has 2 aromatic heterocycles. The van der Waals surface area contributed by atoms with Crippen LogP contribution in [0.5, 0.6) is 0 Å². The standard InChI is InChI=1S/C8H6O2P.BrH.ClH.Li.Mg/c1-3-7(9-5-1)11-8-4-2-6-10-8;;;;/h1-6H;2*1H;;/q-1;;;+1;+2/p-2. The van der Waals surface area contributed by atoms with Crippen LogP contribution in [-0.2, 0) is 0 Å². The van der Waals surface area contributed by atoms with Crippen molar-refractivity contribution in [1.29, 1.82) is 0 Å². The largest absolute Gasteiger partial charge is 2.00 e. The number of hydrogen-bond donors (Lipinski definition) is 0. The van der Waals surface area contributed by atoms with Crippen molar-refractivity contribution in [2.24, 2.45) is 0 Å². The topological polar surface area (TPSA) is 26.3 Å². The molecule has 2 rings (SSSR count). The predicted molar refractivity (Wildman–Crippen MR) is 49.4 cm³/mol. The molecule has 0 amide bonds. The zero-order chi connectivity index (χ0) is 7.52. The number of halogens is 2. The molecule has 2 heterocycles. The summed E-state index contributed by atoms with van der Waals surface area (Å²) < 4.78 is 10.3. The van der Waals surface area contributed by atoms with Gasteiger partial charge < -0.3 is 46.8 Å². The van der Waals surface area contributed by atoms with Gasteiger partial charge in [0.25, 0.3) is 0 Å². The van der Waals surface area contributed by atoms with Crippen LogP contribution < -0.4 is 59.3 Å². The molecule has 0 fully saturated rings. The van der Waals surface area contributed by atoms with Crippen LogP contribution in [-0.4, -0.2) is 23.1 Å². The summed E-state index contributed by atoms with van der Waals surface area (Å²) in [6, 6.07) is 7.57. The molecule has 0 spiro atoms. The molecule has 0 bridgehead atoms. The fraction of sp³-hybridized carbons (Fsp3) is 0. The van der Waals surface area contributed by atoms with Crippen LogP contribution in [0.3, 0.4) is 0 Å². The quantitative estimate of drug-likeness (QED) is 0.407. The minimum atomic E-state index is 0. The van der Waals surface area contributed by atoms with Gasteiger partial charge in [-0.1, -0.05) is 12.1 Å². The normalized spacial score (nSPS) is 7.47. The monoisotopic (exact) mass is 310 g/mol. The van der Waals surface area contributed by atoms with Gasteiger partial charge >= 0.3 is 41.9 Å². The first kappa shape index (κ1) is 21.4. The molecule has 72 valence electrons. The Bertz CT molecular complexity index is 285. The maximum Gasteiger partial charge on any atom is 2.00 e. The molecule has 0 aliphatic rings. The Balaban J connectivity index is -0.000000360. The smallest absolute Gasteiger partial charge is 1.00 e. The third-order valence-electron chi connectivity index (χ3n) is 1.23. The van der Waals surface area contributed by atoms with E-state index in [1.165, 1.54) is 0 Å². The molecule has 0 saturated carbocycles. The molecule has 7 heteroatoms. The molecular weight excluding hydrogens is 306 g/mol. The van der Waals surface area contributed by atoms with Crippen LogP contribution in [0.4, 0.5) is 0 Å². The molecule has 2 aromatic rings. The van der Waals surface area contributed by atoms with Crippen molar-refractivity contribution in [3.8, 4) is 0 Å². The molecule has 0 aliphatic carbocycles. The van der Waals surface area contributed by atoms with Crippen molar-refractivity contribution in [2.45, 2.75) is 0 Å². The number of furan rings is 2. The van der Waals surface area contributed by atoms with Crippen molar-refractivity contribution in [2.75, 3.05) is 0 Å².